The minimum Gasteiger partial charge on any atom is -0.494 e. The highest BCUT2D eigenvalue weighted by atomic mass is 32.2. The highest BCUT2D eigenvalue weighted by Crippen LogP contribution is 2.20. The van der Waals surface area contributed by atoms with E-state index in [1.54, 1.807) is 0 Å². The molecule has 0 aromatic heterocycles. The molecule has 0 bridgehead atoms. The first kappa shape index (κ1) is 18.7. The van der Waals surface area contributed by atoms with E-state index >= 15 is 0 Å². The predicted octanol–water partition coefficient (Wildman–Crippen LogP) is 0.991. The molecule has 1 saturated heterocycles. The minimum absolute atomic E-state index is 0.183. The molecule has 1 fully saturated rings. The van der Waals surface area contributed by atoms with Crippen molar-refractivity contribution in [2.45, 2.75) is 45.3 Å². The summed E-state index contributed by atoms with van der Waals surface area (Å²) >= 11 is 0. The van der Waals surface area contributed by atoms with Crippen molar-refractivity contribution in [2.24, 2.45) is 0 Å². The highest BCUT2D eigenvalue weighted by molar-refractivity contribution is 7.91. The van der Waals surface area contributed by atoms with Gasteiger partial charge in [0.1, 0.15) is 5.75 Å². The fraction of sp³-hybridized carbons (Fsp3) is 0.588. The maximum atomic E-state index is 11.9. The van der Waals surface area contributed by atoms with E-state index < -0.39 is 22.0 Å². The molecule has 6 nitrogen and oxygen atoms in total. The number of carbonyl (C=O) groups excluding carboxylic acids is 1. The summed E-state index contributed by atoms with van der Waals surface area (Å²) in [6, 6.07) is 5.29. The summed E-state index contributed by atoms with van der Waals surface area (Å²) in [7, 11) is -3.24. The second-order valence-corrected chi connectivity index (χ2v) is 8.36. The van der Waals surface area contributed by atoms with Crippen LogP contribution >= 0.6 is 0 Å². The van der Waals surface area contributed by atoms with Gasteiger partial charge in [-0.25, -0.2) is 8.42 Å². The van der Waals surface area contributed by atoms with Crippen molar-refractivity contribution in [1.29, 1.82) is 0 Å². The maximum absolute atomic E-state index is 11.9. The summed E-state index contributed by atoms with van der Waals surface area (Å²) < 4.78 is 28.3. The van der Waals surface area contributed by atoms with Gasteiger partial charge in [-0.05, 0) is 43.9 Å². The molecule has 1 amide bonds. The smallest absolute Gasteiger partial charge is 0.220 e. The van der Waals surface area contributed by atoms with Gasteiger partial charge in [0.25, 0.3) is 0 Å². The molecular weight excluding hydrogens is 330 g/mol. The number of rotatable bonds is 7. The Bertz CT molecular complexity index is 686. The molecule has 7 heteroatoms. The molecule has 2 N–H and O–H groups in total. The average Bonchev–Trinajstić information content (AvgIpc) is 2.74. The van der Waals surface area contributed by atoms with E-state index in [0.29, 0.717) is 19.4 Å². The third kappa shape index (κ3) is 5.21. The summed E-state index contributed by atoms with van der Waals surface area (Å²) in [6.45, 7) is 4.56. The molecule has 0 aliphatic carbocycles. The zero-order valence-corrected chi connectivity index (χ0v) is 14.9. The number of hydrogen-bond donors (Lipinski definition) is 2. The third-order valence-electron chi connectivity index (χ3n) is 4.08. The molecule has 2 rings (SSSR count). The lowest BCUT2D eigenvalue weighted by molar-refractivity contribution is -0.122. The number of aliphatic hydroxyl groups is 1. The number of benzene rings is 1. The number of ether oxygens (including phenoxy) is 1. The molecule has 1 aromatic rings. The second-order valence-electron chi connectivity index (χ2n) is 6.20. The number of amides is 1. The number of nitrogens with one attached hydrogen (secondary N) is 1. The Labute approximate surface area is 143 Å². The summed E-state index contributed by atoms with van der Waals surface area (Å²) in [5, 5.41) is 12.3. The van der Waals surface area contributed by atoms with Gasteiger partial charge < -0.3 is 15.2 Å². The van der Waals surface area contributed by atoms with E-state index in [1.807, 2.05) is 26.0 Å². The largest absolute Gasteiger partial charge is 0.494 e. The van der Waals surface area contributed by atoms with Crippen LogP contribution in [0.4, 0.5) is 0 Å². The third-order valence-corrected chi connectivity index (χ3v) is 5.79. The predicted molar refractivity (Wildman–Crippen MR) is 91.9 cm³/mol. The zero-order valence-electron chi connectivity index (χ0n) is 14.1. The first-order valence-corrected chi connectivity index (χ1v) is 10.0. The molecule has 0 unspecified atom stereocenters. The molecule has 1 heterocycles. The lowest BCUT2D eigenvalue weighted by Crippen LogP contribution is -2.42. The number of aryl methyl sites for hydroxylation is 2. The van der Waals surface area contributed by atoms with E-state index in [9.17, 15) is 18.3 Å². The van der Waals surface area contributed by atoms with Crippen molar-refractivity contribution in [2.75, 3.05) is 18.1 Å². The van der Waals surface area contributed by atoms with Gasteiger partial charge in [0.15, 0.2) is 9.84 Å². The van der Waals surface area contributed by atoms with Gasteiger partial charge in [-0.3, -0.25) is 4.79 Å². The number of hydrogen-bond acceptors (Lipinski definition) is 5. The zero-order chi connectivity index (χ0) is 17.7. The molecule has 0 saturated carbocycles. The second kappa shape index (κ2) is 7.98. The number of carbonyl (C=O) groups is 1. The van der Waals surface area contributed by atoms with Gasteiger partial charge in [-0.2, -0.15) is 0 Å². The normalized spacial score (nSPS) is 22.3. The molecule has 0 spiro atoms. The Morgan fingerprint density at radius 3 is 2.71 bits per heavy atom. The molecule has 1 aromatic carbocycles. The SMILES string of the molecule is CCOc1ccc(CCCC(=O)N[C@@H]2CS(=O)(=O)C[C@H]2O)cc1C. The Morgan fingerprint density at radius 1 is 1.38 bits per heavy atom. The van der Waals surface area contributed by atoms with Crippen LogP contribution in [0.5, 0.6) is 5.75 Å². The van der Waals surface area contributed by atoms with Crippen LogP contribution in [0.15, 0.2) is 18.2 Å². The van der Waals surface area contributed by atoms with Crippen LogP contribution in [0.3, 0.4) is 0 Å². The standard InChI is InChI=1S/C17H25NO5S/c1-3-23-16-8-7-13(9-12(16)2)5-4-6-17(20)18-14-10-24(21,22)11-15(14)19/h7-9,14-15,19H,3-6,10-11H2,1-2H3,(H,18,20)/t14-,15-/m1/s1. The lowest BCUT2D eigenvalue weighted by atomic mass is 10.0. The van der Waals surface area contributed by atoms with Gasteiger partial charge in [0.05, 0.1) is 30.3 Å². The summed E-state index contributed by atoms with van der Waals surface area (Å²) in [4.78, 5) is 11.9. The van der Waals surface area contributed by atoms with E-state index in [-0.39, 0.29) is 17.4 Å². The van der Waals surface area contributed by atoms with Gasteiger partial charge in [-0.1, -0.05) is 12.1 Å². The minimum atomic E-state index is -3.24. The fourth-order valence-electron chi connectivity index (χ4n) is 2.88. The van der Waals surface area contributed by atoms with E-state index in [1.165, 1.54) is 0 Å². The molecule has 0 radical (unpaired) electrons. The Hall–Kier alpha value is -1.60. The first-order valence-electron chi connectivity index (χ1n) is 8.21. The van der Waals surface area contributed by atoms with Crippen LogP contribution in [0.1, 0.15) is 30.9 Å². The average molecular weight is 355 g/mol. The molecule has 1 aliphatic rings. The molecule has 24 heavy (non-hydrogen) atoms. The van der Waals surface area contributed by atoms with Crippen molar-refractivity contribution >= 4 is 15.7 Å². The van der Waals surface area contributed by atoms with Crippen molar-refractivity contribution in [3.8, 4) is 5.75 Å². The van der Waals surface area contributed by atoms with E-state index in [4.69, 9.17) is 4.74 Å². The first-order chi connectivity index (χ1) is 11.3. The Morgan fingerprint density at radius 2 is 2.12 bits per heavy atom. The Balaban J connectivity index is 1.78. The number of aliphatic hydroxyl groups excluding tert-OH is 1. The van der Waals surface area contributed by atoms with E-state index in [0.717, 1.165) is 23.3 Å². The van der Waals surface area contributed by atoms with E-state index in [2.05, 4.69) is 11.4 Å². The van der Waals surface area contributed by atoms with Crippen molar-refractivity contribution in [3.05, 3.63) is 29.3 Å². The van der Waals surface area contributed by atoms with Crippen molar-refractivity contribution in [3.63, 3.8) is 0 Å². The van der Waals surface area contributed by atoms with Crippen molar-refractivity contribution < 1.29 is 23.1 Å². The molecule has 2 atom stereocenters. The monoisotopic (exact) mass is 355 g/mol. The van der Waals surface area contributed by atoms with Gasteiger partial charge in [-0.15, -0.1) is 0 Å². The fourth-order valence-corrected chi connectivity index (χ4v) is 4.62. The molecular formula is C17H25NO5S. The van der Waals surface area contributed by atoms with Crippen molar-refractivity contribution in [1.82, 2.24) is 5.32 Å². The van der Waals surface area contributed by atoms with Gasteiger partial charge in [0.2, 0.25) is 5.91 Å². The topological polar surface area (TPSA) is 92.7 Å². The van der Waals surface area contributed by atoms with Crippen LogP contribution < -0.4 is 10.1 Å². The molecule has 1 aliphatic heterocycles. The summed E-state index contributed by atoms with van der Waals surface area (Å²) in [5.41, 5.74) is 2.20. The van der Waals surface area contributed by atoms with Crippen LogP contribution in [0.2, 0.25) is 0 Å². The number of sulfone groups is 1. The molecule has 134 valence electrons. The van der Waals surface area contributed by atoms with Gasteiger partial charge in [0, 0.05) is 6.42 Å². The van der Waals surface area contributed by atoms with Crippen LogP contribution in [-0.4, -0.2) is 49.7 Å². The lowest BCUT2D eigenvalue weighted by Gasteiger charge is -2.14. The van der Waals surface area contributed by atoms with Crippen LogP contribution in [0.25, 0.3) is 0 Å². The quantitative estimate of drug-likeness (QED) is 0.761. The highest BCUT2D eigenvalue weighted by Gasteiger charge is 2.37. The maximum Gasteiger partial charge on any atom is 0.220 e. The van der Waals surface area contributed by atoms with Crippen LogP contribution in [-0.2, 0) is 21.1 Å². The Kier molecular flexibility index (Phi) is 6.23. The van der Waals surface area contributed by atoms with Crippen LogP contribution in [0, 0.1) is 6.92 Å². The summed E-state index contributed by atoms with van der Waals surface area (Å²) in [6.07, 6.45) is 0.712. The summed E-state index contributed by atoms with van der Waals surface area (Å²) in [5.74, 6) is 0.190. The van der Waals surface area contributed by atoms with Gasteiger partial charge >= 0.3 is 0 Å².